The van der Waals surface area contributed by atoms with E-state index in [0.717, 1.165) is 0 Å². The molecule has 0 bridgehead atoms. The monoisotopic (exact) mass is 482 g/mol. The Labute approximate surface area is 177 Å². The van der Waals surface area contributed by atoms with E-state index in [1.165, 1.54) is 7.11 Å². The minimum Gasteiger partial charge on any atom is -0.493 e. The summed E-state index contributed by atoms with van der Waals surface area (Å²) in [4.78, 5) is 16.7. The molecule has 6 nitrogen and oxygen atoms in total. The zero-order chi connectivity index (χ0) is 21.4. The molecule has 0 N–H and O–H groups in total. The van der Waals surface area contributed by atoms with Gasteiger partial charge in [-0.15, -0.1) is 0 Å². The van der Waals surface area contributed by atoms with Crippen molar-refractivity contribution in [1.82, 2.24) is 9.80 Å². The minimum absolute atomic E-state index is 0.0681. The zero-order valence-corrected chi connectivity index (χ0v) is 18.1. The second-order valence-electron chi connectivity index (χ2n) is 6.58. The van der Waals surface area contributed by atoms with Crippen molar-refractivity contribution in [3.8, 4) is 11.5 Å². The van der Waals surface area contributed by atoms with Crippen LogP contribution in [0.1, 0.15) is 23.7 Å². The Hall–Kier alpha value is -1.52. The number of carbonyl (C=O) groups excluding carboxylic acids is 1. The maximum absolute atomic E-state index is 12.9. The summed E-state index contributed by atoms with van der Waals surface area (Å²) in [5.41, 5.74) is 0.506. The van der Waals surface area contributed by atoms with Gasteiger partial charge in [-0.1, -0.05) is 0 Å². The number of rotatable bonds is 9. The van der Waals surface area contributed by atoms with Gasteiger partial charge in [0.2, 0.25) is 0 Å². The maximum Gasteiger partial charge on any atom is 0.411 e. The molecular formula is C19H26BrF3N2O4. The summed E-state index contributed by atoms with van der Waals surface area (Å²) in [6.45, 7) is 4.28. The number of piperazine rings is 1. The van der Waals surface area contributed by atoms with Crippen LogP contribution in [0.5, 0.6) is 11.5 Å². The van der Waals surface area contributed by atoms with E-state index in [0.29, 0.717) is 67.3 Å². The van der Waals surface area contributed by atoms with Gasteiger partial charge in [0.25, 0.3) is 5.91 Å². The van der Waals surface area contributed by atoms with Crippen LogP contribution in [0, 0.1) is 0 Å². The second-order valence-corrected chi connectivity index (χ2v) is 7.43. The van der Waals surface area contributed by atoms with Crippen LogP contribution < -0.4 is 9.47 Å². The first-order valence-electron chi connectivity index (χ1n) is 9.41. The third kappa shape index (κ3) is 7.35. The number of alkyl halides is 3. The Morgan fingerprint density at radius 2 is 1.90 bits per heavy atom. The van der Waals surface area contributed by atoms with Gasteiger partial charge in [0.15, 0.2) is 11.5 Å². The fraction of sp³-hybridized carbons (Fsp3) is 0.632. The number of hydrogen-bond acceptors (Lipinski definition) is 5. The summed E-state index contributed by atoms with van der Waals surface area (Å²) in [7, 11) is 1.52. The van der Waals surface area contributed by atoms with Gasteiger partial charge in [-0.3, -0.25) is 9.69 Å². The number of carbonyl (C=O) groups is 1. The van der Waals surface area contributed by atoms with Gasteiger partial charge < -0.3 is 19.1 Å². The third-order valence-electron chi connectivity index (χ3n) is 4.45. The van der Waals surface area contributed by atoms with Crippen molar-refractivity contribution < 1.29 is 32.2 Å². The summed E-state index contributed by atoms with van der Waals surface area (Å²) < 4.78 is 52.3. The molecule has 0 aliphatic carbocycles. The fourth-order valence-corrected chi connectivity index (χ4v) is 3.62. The van der Waals surface area contributed by atoms with Crippen LogP contribution in [0.25, 0.3) is 0 Å². The molecule has 1 aromatic rings. The summed E-state index contributed by atoms with van der Waals surface area (Å²) in [5.74, 6) is 0.950. The molecule has 0 radical (unpaired) electrons. The van der Waals surface area contributed by atoms with Crippen molar-refractivity contribution in [3.05, 3.63) is 22.2 Å². The van der Waals surface area contributed by atoms with Crippen LogP contribution in [-0.2, 0) is 4.74 Å². The number of benzene rings is 1. The number of ether oxygens (including phenoxy) is 3. The topological polar surface area (TPSA) is 51.2 Å². The molecule has 1 amide bonds. The van der Waals surface area contributed by atoms with Gasteiger partial charge in [0.05, 0.1) is 18.2 Å². The standard InChI is InChI=1S/C19H26BrF3N2O4/c1-3-29-17-15(20)11-14(12-16(17)27-2)18(26)25-8-6-24(7-9-25)5-4-10-28-13-19(21,22)23/h11-12H,3-10,13H2,1-2H3. The molecule has 2 rings (SSSR count). The lowest BCUT2D eigenvalue weighted by atomic mass is 10.1. The predicted molar refractivity (Wildman–Crippen MR) is 106 cm³/mol. The zero-order valence-electron chi connectivity index (χ0n) is 16.6. The molecule has 1 aliphatic heterocycles. The molecular weight excluding hydrogens is 457 g/mol. The lowest BCUT2D eigenvalue weighted by Crippen LogP contribution is -2.49. The van der Waals surface area contributed by atoms with Gasteiger partial charge in [-0.2, -0.15) is 13.2 Å². The Morgan fingerprint density at radius 3 is 2.48 bits per heavy atom. The molecule has 10 heteroatoms. The molecule has 1 aromatic carbocycles. The summed E-state index contributed by atoms with van der Waals surface area (Å²) >= 11 is 3.43. The molecule has 164 valence electrons. The van der Waals surface area contributed by atoms with Crippen LogP contribution in [0.4, 0.5) is 13.2 Å². The van der Waals surface area contributed by atoms with Crippen molar-refractivity contribution in [2.45, 2.75) is 19.5 Å². The normalized spacial score (nSPS) is 15.4. The molecule has 1 fully saturated rings. The van der Waals surface area contributed by atoms with Crippen molar-refractivity contribution >= 4 is 21.8 Å². The van der Waals surface area contributed by atoms with Crippen molar-refractivity contribution in [1.29, 1.82) is 0 Å². The Kier molecular flexibility index (Phi) is 9.04. The molecule has 0 unspecified atom stereocenters. The molecule has 1 aliphatic rings. The molecule has 29 heavy (non-hydrogen) atoms. The quantitative estimate of drug-likeness (QED) is 0.503. The maximum atomic E-state index is 12.9. The lowest BCUT2D eigenvalue weighted by molar-refractivity contribution is -0.174. The Bertz CT molecular complexity index is 680. The van der Waals surface area contributed by atoms with E-state index >= 15 is 0 Å². The van der Waals surface area contributed by atoms with E-state index < -0.39 is 12.8 Å². The van der Waals surface area contributed by atoms with E-state index in [4.69, 9.17) is 9.47 Å². The Morgan fingerprint density at radius 1 is 1.21 bits per heavy atom. The van der Waals surface area contributed by atoms with Crippen LogP contribution in [-0.4, -0.2) is 81.5 Å². The molecule has 1 heterocycles. The smallest absolute Gasteiger partial charge is 0.411 e. The predicted octanol–water partition coefficient (Wildman–Crippen LogP) is 3.58. The Balaban J connectivity index is 1.83. The summed E-state index contributed by atoms with van der Waals surface area (Å²) in [5, 5.41) is 0. The van der Waals surface area contributed by atoms with E-state index in [1.807, 2.05) is 6.92 Å². The van der Waals surface area contributed by atoms with Crippen LogP contribution in [0.15, 0.2) is 16.6 Å². The molecule has 1 saturated heterocycles. The van der Waals surface area contributed by atoms with E-state index in [1.54, 1.807) is 17.0 Å². The van der Waals surface area contributed by atoms with Crippen LogP contribution in [0.3, 0.4) is 0 Å². The summed E-state index contributed by atoms with van der Waals surface area (Å²) in [6, 6.07) is 3.39. The van der Waals surface area contributed by atoms with Crippen LogP contribution in [0.2, 0.25) is 0 Å². The SMILES string of the molecule is CCOc1c(Br)cc(C(=O)N2CCN(CCCOCC(F)(F)F)CC2)cc1OC. The van der Waals surface area contributed by atoms with Crippen molar-refractivity contribution in [2.24, 2.45) is 0 Å². The first kappa shape index (κ1) is 23.8. The average molecular weight is 483 g/mol. The van der Waals surface area contributed by atoms with Crippen molar-refractivity contribution in [3.63, 3.8) is 0 Å². The van der Waals surface area contributed by atoms with Gasteiger partial charge in [-0.25, -0.2) is 0 Å². The second kappa shape index (κ2) is 11.0. The molecule has 0 spiro atoms. The highest BCUT2D eigenvalue weighted by molar-refractivity contribution is 9.10. The number of hydrogen-bond donors (Lipinski definition) is 0. The third-order valence-corrected chi connectivity index (χ3v) is 5.04. The van der Waals surface area contributed by atoms with Gasteiger partial charge in [0, 0.05) is 44.9 Å². The fourth-order valence-electron chi connectivity index (χ4n) is 3.06. The molecule has 0 aromatic heterocycles. The first-order chi connectivity index (χ1) is 13.7. The molecule has 0 atom stereocenters. The first-order valence-corrected chi connectivity index (χ1v) is 10.2. The van der Waals surface area contributed by atoms with E-state index in [-0.39, 0.29) is 12.5 Å². The van der Waals surface area contributed by atoms with Gasteiger partial charge >= 0.3 is 6.18 Å². The highest BCUT2D eigenvalue weighted by atomic mass is 79.9. The number of halogens is 4. The molecule has 0 saturated carbocycles. The number of methoxy groups -OCH3 is 1. The highest BCUT2D eigenvalue weighted by Crippen LogP contribution is 2.37. The lowest BCUT2D eigenvalue weighted by Gasteiger charge is -2.34. The van der Waals surface area contributed by atoms with Crippen molar-refractivity contribution in [2.75, 3.05) is 59.7 Å². The van der Waals surface area contributed by atoms with Gasteiger partial charge in [0.1, 0.15) is 6.61 Å². The van der Waals surface area contributed by atoms with E-state index in [2.05, 4.69) is 25.6 Å². The number of amides is 1. The van der Waals surface area contributed by atoms with Crippen LogP contribution >= 0.6 is 15.9 Å². The number of nitrogens with zero attached hydrogens (tertiary/aromatic N) is 2. The van der Waals surface area contributed by atoms with Gasteiger partial charge in [-0.05, 0) is 41.4 Å². The van der Waals surface area contributed by atoms with E-state index in [9.17, 15) is 18.0 Å². The average Bonchev–Trinajstić information content (AvgIpc) is 2.68. The highest BCUT2D eigenvalue weighted by Gasteiger charge is 2.27. The minimum atomic E-state index is -4.29. The largest absolute Gasteiger partial charge is 0.493 e. The summed E-state index contributed by atoms with van der Waals surface area (Å²) in [6.07, 6.45) is -3.77.